The quantitative estimate of drug-likeness (QED) is 0.457. The van der Waals surface area contributed by atoms with Crippen molar-refractivity contribution in [3.8, 4) is 11.3 Å². The SMILES string of the molecule is Cc1cc(Br)ccc1NC(=O)c1sc2nc(-c3ccccc3)cn2c1C. The summed E-state index contributed by atoms with van der Waals surface area (Å²) < 4.78 is 2.98. The Hall–Kier alpha value is -2.44. The highest BCUT2D eigenvalue weighted by atomic mass is 79.9. The van der Waals surface area contributed by atoms with Gasteiger partial charge in [0.1, 0.15) is 4.88 Å². The summed E-state index contributed by atoms with van der Waals surface area (Å²) in [4.78, 5) is 18.9. The Morgan fingerprint density at radius 3 is 2.62 bits per heavy atom. The van der Waals surface area contributed by atoms with Crippen LogP contribution in [0.15, 0.2) is 59.2 Å². The summed E-state index contributed by atoms with van der Waals surface area (Å²) in [7, 11) is 0. The first-order valence-corrected chi connectivity index (χ1v) is 9.75. The van der Waals surface area contributed by atoms with Gasteiger partial charge in [0, 0.05) is 27.6 Å². The minimum absolute atomic E-state index is 0.107. The summed E-state index contributed by atoms with van der Waals surface area (Å²) in [6.07, 6.45) is 1.98. The molecule has 0 saturated carbocycles. The van der Waals surface area contributed by atoms with Crippen molar-refractivity contribution in [2.45, 2.75) is 13.8 Å². The second-order valence-corrected chi connectivity index (χ2v) is 7.97. The molecule has 0 aliphatic carbocycles. The van der Waals surface area contributed by atoms with E-state index in [-0.39, 0.29) is 5.91 Å². The third kappa shape index (κ3) is 3.06. The summed E-state index contributed by atoms with van der Waals surface area (Å²) in [6, 6.07) is 15.8. The number of aromatic nitrogens is 2. The number of amides is 1. The van der Waals surface area contributed by atoms with Crippen molar-refractivity contribution >= 4 is 43.8 Å². The summed E-state index contributed by atoms with van der Waals surface area (Å²) in [5, 5.41) is 3.00. The normalized spacial score (nSPS) is 11.0. The van der Waals surface area contributed by atoms with Crippen LogP contribution < -0.4 is 5.32 Å². The number of halogens is 1. The van der Waals surface area contributed by atoms with Crippen LogP contribution in [0.3, 0.4) is 0 Å². The number of carbonyl (C=O) groups excluding carboxylic acids is 1. The van der Waals surface area contributed by atoms with Gasteiger partial charge in [-0.15, -0.1) is 0 Å². The number of imidazole rings is 1. The van der Waals surface area contributed by atoms with Crippen molar-refractivity contribution in [2.75, 3.05) is 5.32 Å². The number of hydrogen-bond donors (Lipinski definition) is 1. The predicted octanol–water partition coefficient (Wildman–Crippen LogP) is 5.69. The summed E-state index contributed by atoms with van der Waals surface area (Å²) in [5.74, 6) is -0.107. The van der Waals surface area contributed by atoms with E-state index >= 15 is 0 Å². The number of rotatable bonds is 3. The van der Waals surface area contributed by atoms with Gasteiger partial charge in [-0.25, -0.2) is 4.98 Å². The molecule has 26 heavy (non-hydrogen) atoms. The van der Waals surface area contributed by atoms with Crippen molar-refractivity contribution in [2.24, 2.45) is 0 Å². The fourth-order valence-electron chi connectivity index (χ4n) is 2.86. The molecule has 0 radical (unpaired) electrons. The standard InChI is InChI=1S/C20H16BrN3OS/c1-12-10-15(21)8-9-16(12)22-19(25)18-13(2)24-11-17(23-20(24)26-18)14-6-4-3-5-7-14/h3-11H,1-2H3,(H,22,25). The van der Waals surface area contributed by atoms with Gasteiger partial charge in [-0.2, -0.15) is 0 Å². The summed E-state index contributed by atoms with van der Waals surface area (Å²) in [6.45, 7) is 3.92. The highest BCUT2D eigenvalue weighted by Gasteiger charge is 2.18. The molecule has 130 valence electrons. The smallest absolute Gasteiger partial charge is 0.267 e. The van der Waals surface area contributed by atoms with Gasteiger partial charge in [0.05, 0.1) is 5.69 Å². The van der Waals surface area contributed by atoms with Crippen LogP contribution in [0.1, 0.15) is 20.9 Å². The zero-order chi connectivity index (χ0) is 18.3. The van der Waals surface area contributed by atoms with Crippen LogP contribution in [-0.4, -0.2) is 15.3 Å². The van der Waals surface area contributed by atoms with E-state index in [0.717, 1.165) is 37.6 Å². The number of nitrogens with zero attached hydrogens (tertiary/aromatic N) is 2. The summed E-state index contributed by atoms with van der Waals surface area (Å²) in [5.41, 5.74) is 4.70. The predicted molar refractivity (Wildman–Crippen MR) is 110 cm³/mol. The van der Waals surface area contributed by atoms with Crippen LogP contribution in [0.5, 0.6) is 0 Å². The van der Waals surface area contributed by atoms with Crippen molar-refractivity contribution < 1.29 is 4.79 Å². The first-order valence-electron chi connectivity index (χ1n) is 8.14. The molecule has 0 unspecified atom stereocenters. The average molecular weight is 426 g/mol. The molecule has 4 rings (SSSR count). The Balaban J connectivity index is 1.65. The molecule has 6 heteroatoms. The Kier molecular flexibility index (Phi) is 4.38. The van der Waals surface area contributed by atoms with Gasteiger partial charge in [-0.3, -0.25) is 9.20 Å². The molecule has 0 atom stereocenters. The second kappa shape index (κ2) is 6.70. The monoisotopic (exact) mass is 425 g/mol. The highest BCUT2D eigenvalue weighted by Crippen LogP contribution is 2.28. The van der Waals surface area contributed by atoms with Gasteiger partial charge in [0.2, 0.25) is 0 Å². The fourth-order valence-corrected chi connectivity index (χ4v) is 4.34. The molecule has 1 N–H and O–H groups in total. The third-order valence-corrected chi connectivity index (χ3v) is 5.92. The number of thiazole rings is 1. The molecule has 0 aliphatic rings. The van der Waals surface area contributed by atoms with Crippen molar-refractivity contribution in [3.63, 3.8) is 0 Å². The number of aryl methyl sites for hydroxylation is 2. The Morgan fingerprint density at radius 1 is 1.15 bits per heavy atom. The molecule has 2 aromatic heterocycles. The maximum Gasteiger partial charge on any atom is 0.267 e. The lowest BCUT2D eigenvalue weighted by Crippen LogP contribution is -2.12. The number of hydrogen-bond acceptors (Lipinski definition) is 3. The van der Waals surface area contributed by atoms with E-state index in [1.807, 2.05) is 73.0 Å². The second-order valence-electron chi connectivity index (χ2n) is 6.07. The molecule has 4 nitrogen and oxygen atoms in total. The molecule has 4 aromatic rings. The molecule has 0 aliphatic heterocycles. The van der Waals surface area contributed by atoms with Gasteiger partial charge >= 0.3 is 0 Å². The lowest BCUT2D eigenvalue weighted by Gasteiger charge is -2.08. The van der Waals surface area contributed by atoms with Crippen LogP contribution >= 0.6 is 27.3 Å². The van der Waals surface area contributed by atoms with Crippen LogP contribution in [0, 0.1) is 13.8 Å². The molecule has 0 spiro atoms. The molecule has 0 fully saturated rings. The van der Waals surface area contributed by atoms with Crippen LogP contribution in [0.25, 0.3) is 16.2 Å². The fraction of sp³-hybridized carbons (Fsp3) is 0.100. The van der Waals surface area contributed by atoms with Gasteiger partial charge in [-0.1, -0.05) is 57.6 Å². The molecule has 0 bridgehead atoms. The Labute approximate surface area is 163 Å². The third-order valence-electron chi connectivity index (χ3n) is 4.27. The first kappa shape index (κ1) is 17.0. The lowest BCUT2D eigenvalue weighted by molar-refractivity contribution is 0.102. The van der Waals surface area contributed by atoms with Crippen LogP contribution in [0.2, 0.25) is 0 Å². The van der Waals surface area contributed by atoms with Gasteiger partial charge < -0.3 is 5.32 Å². The molecule has 2 heterocycles. The highest BCUT2D eigenvalue weighted by molar-refractivity contribution is 9.10. The van der Waals surface area contributed by atoms with E-state index < -0.39 is 0 Å². The average Bonchev–Trinajstić information content (AvgIpc) is 3.18. The van der Waals surface area contributed by atoms with Crippen LogP contribution in [-0.2, 0) is 0 Å². The topological polar surface area (TPSA) is 46.4 Å². The van der Waals surface area contributed by atoms with Gasteiger partial charge in [0.25, 0.3) is 5.91 Å². The zero-order valence-electron chi connectivity index (χ0n) is 14.3. The maximum absolute atomic E-state index is 12.7. The number of carbonyl (C=O) groups is 1. The van der Waals surface area contributed by atoms with E-state index in [1.54, 1.807) is 0 Å². The maximum atomic E-state index is 12.7. The van der Waals surface area contributed by atoms with Crippen LogP contribution in [0.4, 0.5) is 5.69 Å². The van der Waals surface area contributed by atoms with Gasteiger partial charge in [0.15, 0.2) is 4.96 Å². The van der Waals surface area contributed by atoms with Crippen molar-refractivity contribution in [1.29, 1.82) is 0 Å². The van der Waals surface area contributed by atoms with Crippen molar-refractivity contribution in [3.05, 3.63) is 75.3 Å². The number of benzene rings is 2. The molecule has 2 aromatic carbocycles. The minimum Gasteiger partial charge on any atom is -0.321 e. The van der Waals surface area contributed by atoms with E-state index in [9.17, 15) is 4.79 Å². The Bertz CT molecular complexity index is 1120. The van der Waals surface area contributed by atoms with Gasteiger partial charge in [-0.05, 0) is 37.6 Å². The van der Waals surface area contributed by atoms with E-state index in [4.69, 9.17) is 0 Å². The number of fused-ring (bicyclic) bond motifs is 1. The lowest BCUT2D eigenvalue weighted by atomic mass is 10.2. The summed E-state index contributed by atoms with van der Waals surface area (Å²) >= 11 is 4.85. The molecule has 1 amide bonds. The molecule has 0 saturated heterocycles. The van der Waals surface area contributed by atoms with E-state index in [0.29, 0.717) is 4.88 Å². The molecular formula is C20H16BrN3OS. The van der Waals surface area contributed by atoms with E-state index in [1.165, 1.54) is 11.3 Å². The zero-order valence-corrected chi connectivity index (χ0v) is 16.7. The Morgan fingerprint density at radius 2 is 1.92 bits per heavy atom. The van der Waals surface area contributed by atoms with E-state index in [2.05, 4.69) is 26.2 Å². The number of anilines is 1. The number of nitrogens with one attached hydrogen (secondary N) is 1. The molecular weight excluding hydrogens is 410 g/mol. The minimum atomic E-state index is -0.107. The first-order chi connectivity index (χ1) is 12.5. The largest absolute Gasteiger partial charge is 0.321 e. The van der Waals surface area contributed by atoms with Crippen molar-refractivity contribution in [1.82, 2.24) is 9.38 Å².